The van der Waals surface area contributed by atoms with Crippen molar-refractivity contribution < 1.29 is 0 Å². The first-order valence-electron chi connectivity index (χ1n) is 12.7. The van der Waals surface area contributed by atoms with Crippen molar-refractivity contribution in [2.75, 3.05) is 32.5 Å². The molecule has 0 amide bonds. The molecular formula is C29H34N6S. The van der Waals surface area contributed by atoms with Crippen molar-refractivity contribution in [3.05, 3.63) is 72.7 Å². The highest BCUT2D eigenvalue weighted by atomic mass is 32.1. The third kappa shape index (κ3) is 6.10. The van der Waals surface area contributed by atoms with Crippen LogP contribution in [0.15, 0.2) is 67.1 Å². The maximum atomic E-state index is 4.53. The van der Waals surface area contributed by atoms with Gasteiger partial charge in [-0.2, -0.15) is 0 Å². The van der Waals surface area contributed by atoms with E-state index in [9.17, 15) is 0 Å². The number of benzene rings is 2. The molecule has 0 spiro atoms. The van der Waals surface area contributed by atoms with Gasteiger partial charge in [-0.1, -0.05) is 37.1 Å². The van der Waals surface area contributed by atoms with Crippen molar-refractivity contribution in [3.63, 3.8) is 0 Å². The number of aromatic amines is 1. The van der Waals surface area contributed by atoms with Crippen LogP contribution in [0.25, 0.3) is 31.6 Å². The second-order valence-electron chi connectivity index (χ2n) is 9.54. The molecule has 0 radical (unpaired) electrons. The monoisotopic (exact) mass is 498 g/mol. The minimum atomic E-state index is 0.841. The van der Waals surface area contributed by atoms with E-state index in [0.717, 1.165) is 40.3 Å². The van der Waals surface area contributed by atoms with Gasteiger partial charge in [-0.15, -0.1) is 11.3 Å². The number of hydrogen-bond donors (Lipinski definition) is 3. The van der Waals surface area contributed by atoms with Crippen molar-refractivity contribution in [1.29, 1.82) is 0 Å². The Kier molecular flexibility index (Phi) is 7.91. The van der Waals surface area contributed by atoms with Gasteiger partial charge in [0.05, 0.1) is 10.2 Å². The topological polar surface area (TPSA) is 68.9 Å². The Morgan fingerprint density at radius 3 is 2.64 bits per heavy atom. The molecule has 36 heavy (non-hydrogen) atoms. The van der Waals surface area contributed by atoms with E-state index in [1.54, 1.807) is 17.7 Å². The number of H-pyrrole nitrogens is 1. The molecule has 6 nitrogen and oxygen atoms in total. The molecule has 3 N–H and O–H groups in total. The first-order chi connectivity index (χ1) is 17.7. The van der Waals surface area contributed by atoms with Crippen molar-refractivity contribution in [1.82, 2.24) is 25.2 Å². The molecule has 0 unspecified atom stereocenters. The highest BCUT2D eigenvalue weighted by Crippen LogP contribution is 2.36. The van der Waals surface area contributed by atoms with Crippen LogP contribution in [0.1, 0.15) is 31.2 Å². The average molecular weight is 499 g/mol. The molecule has 0 saturated carbocycles. The molecule has 3 heterocycles. The van der Waals surface area contributed by atoms with E-state index in [-0.39, 0.29) is 0 Å². The van der Waals surface area contributed by atoms with Crippen molar-refractivity contribution >= 4 is 44.0 Å². The predicted molar refractivity (Wildman–Crippen MR) is 153 cm³/mol. The summed E-state index contributed by atoms with van der Waals surface area (Å²) < 4.78 is 1.07. The van der Waals surface area contributed by atoms with Gasteiger partial charge in [-0.25, -0.2) is 9.97 Å². The standard InChI is InChI=1S/C29H34N6S/c1-35(2)16-6-4-3-5-14-30-19-21-7-9-22(10-8-21)27-18-26-28(36-27)29(33-20-32-26)34-24-11-12-25-23(17-24)13-15-31-25/h7-13,15,17-18,20,30-31H,3-6,14,16,19H2,1-2H3,(H,32,33,34). The average Bonchev–Trinajstić information content (AvgIpc) is 3.53. The number of unbranched alkanes of at least 4 members (excludes halogenated alkanes) is 3. The normalized spacial score (nSPS) is 11.6. The van der Waals surface area contributed by atoms with E-state index in [1.165, 1.54) is 53.6 Å². The van der Waals surface area contributed by atoms with Gasteiger partial charge < -0.3 is 20.5 Å². The molecule has 0 aliphatic heterocycles. The van der Waals surface area contributed by atoms with Crippen LogP contribution in [0.4, 0.5) is 11.5 Å². The van der Waals surface area contributed by atoms with Crippen LogP contribution in [0.2, 0.25) is 0 Å². The molecule has 7 heteroatoms. The third-order valence-corrected chi connectivity index (χ3v) is 7.58. The first kappa shape index (κ1) is 24.4. The summed E-state index contributed by atoms with van der Waals surface area (Å²) in [5.74, 6) is 0.841. The van der Waals surface area contributed by atoms with Gasteiger partial charge in [0.15, 0.2) is 5.82 Å². The van der Waals surface area contributed by atoms with Crippen LogP contribution in [-0.2, 0) is 6.54 Å². The number of thiophene rings is 1. The zero-order valence-electron chi connectivity index (χ0n) is 21.1. The van der Waals surface area contributed by atoms with Crippen LogP contribution >= 0.6 is 11.3 Å². The van der Waals surface area contributed by atoms with Gasteiger partial charge in [0.25, 0.3) is 0 Å². The summed E-state index contributed by atoms with van der Waals surface area (Å²) in [6.07, 6.45) is 8.73. The van der Waals surface area contributed by atoms with Crippen LogP contribution < -0.4 is 10.6 Å². The summed E-state index contributed by atoms with van der Waals surface area (Å²) in [7, 11) is 4.28. The van der Waals surface area contributed by atoms with Gasteiger partial charge in [0, 0.05) is 34.2 Å². The van der Waals surface area contributed by atoms with Crippen molar-refractivity contribution in [2.24, 2.45) is 0 Å². The fraction of sp³-hybridized carbons (Fsp3) is 0.310. The molecule has 186 valence electrons. The summed E-state index contributed by atoms with van der Waals surface area (Å²) in [5.41, 5.74) is 5.63. The van der Waals surface area contributed by atoms with Gasteiger partial charge in [-0.05, 0) is 81.5 Å². The summed E-state index contributed by atoms with van der Waals surface area (Å²) in [5, 5.41) is 8.25. The van der Waals surface area contributed by atoms with Crippen LogP contribution in [0, 0.1) is 0 Å². The summed E-state index contributed by atoms with van der Waals surface area (Å²) in [6.45, 7) is 3.18. The zero-order chi connectivity index (χ0) is 24.7. The Labute approximate surface area is 216 Å². The number of anilines is 2. The fourth-order valence-corrected chi connectivity index (χ4v) is 5.47. The molecule has 3 aromatic heterocycles. The largest absolute Gasteiger partial charge is 0.361 e. The van der Waals surface area contributed by atoms with Gasteiger partial charge in [-0.3, -0.25) is 0 Å². The molecular weight excluding hydrogens is 464 g/mol. The summed E-state index contributed by atoms with van der Waals surface area (Å²) >= 11 is 1.73. The van der Waals surface area contributed by atoms with E-state index >= 15 is 0 Å². The van der Waals surface area contributed by atoms with E-state index in [0.29, 0.717) is 0 Å². The summed E-state index contributed by atoms with van der Waals surface area (Å²) in [4.78, 5) is 15.7. The number of rotatable bonds is 12. The number of aromatic nitrogens is 3. The molecule has 2 aromatic carbocycles. The maximum Gasteiger partial charge on any atom is 0.151 e. The Morgan fingerprint density at radius 1 is 0.917 bits per heavy atom. The Balaban J connectivity index is 1.18. The second-order valence-corrected chi connectivity index (χ2v) is 10.6. The lowest BCUT2D eigenvalue weighted by atomic mass is 10.1. The number of nitrogens with zero attached hydrogens (tertiary/aromatic N) is 3. The molecule has 0 atom stereocenters. The molecule has 0 aliphatic rings. The van der Waals surface area contributed by atoms with Crippen LogP contribution in [0.3, 0.4) is 0 Å². The van der Waals surface area contributed by atoms with Gasteiger partial charge >= 0.3 is 0 Å². The number of hydrogen-bond acceptors (Lipinski definition) is 6. The van der Waals surface area contributed by atoms with Crippen LogP contribution in [-0.4, -0.2) is 47.0 Å². The SMILES string of the molecule is CN(C)CCCCCCNCc1ccc(-c2cc3ncnc(Nc4ccc5[nH]ccc5c4)c3s2)cc1. The Bertz CT molecular complexity index is 1400. The highest BCUT2D eigenvalue weighted by Gasteiger charge is 2.11. The highest BCUT2D eigenvalue weighted by molar-refractivity contribution is 7.22. The Hall–Kier alpha value is -3.26. The number of nitrogens with one attached hydrogen (secondary N) is 3. The van der Waals surface area contributed by atoms with E-state index in [1.807, 2.05) is 6.20 Å². The van der Waals surface area contributed by atoms with Gasteiger partial charge in [0.2, 0.25) is 0 Å². The quantitative estimate of drug-likeness (QED) is 0.165. The molecule has 0 aliphatic carbocycles. The second kappa shape index (κ2) is 11.6. The maximum absolute atomic E-state index is 4.53. The van der Waals surface area contributed by atoms with Gasteiger partial charge in [0.1, 0.15) is 6.33 Å². The zero-order valence-corrected chi connectivity index (χ0v) is 21.9. The van der Waals surface area contributed by atoms with Crippen molar-refractivity contribution in [3.8, 4) is 10.4 Å². The third-order valence-electron chi connectivity index (χ3n) is 6.40. The minimum absolute atomic E-state index is 0.841. The molecule has 0 bridgehead atoms. The van der Waals surface area contributed by atoms with E-state index in [2.05, 4.69) is 99.2 Å². The minimum Gasteiger partial charge on any atom is -0.361 e. The molecule has 0 saturated heterocycles. The molecule has 5 rings (SSSR count). The molecule has 5 aromatic rings. The smallest absolute Gasteiger partial charge is 0.151 e. The first-order valence-corrected chi connectivity index (χ1v) is 13.5. The molecule has 0 fully saturated rings. The Morgan fingerprint density at radius 2 is 1.78 bits per heavy atom. The predicted octanol–water partition coefficient (Wildman–Crippen LogP) is 6.79. The lowest BCUT2D eigenvalue weighted by molar-refractivity contribution is 0.389. The van der Waals surface area contributed by atoms with E-state index in [4.69, 9.17) is 0 Å². The van der Waals surface area contributed by atoms with E-state index < -0.39 is 0 Å². The van der Waals surface area contributed by atoms with Crippen LogP contribution in [0.5, 0.6) is 0 Å². The van der Waals surface area contributed by atoms with Crippen molar-refractivity contribution in [2.45, 2.75) is 32.2 Å². The lowest BCUT2D eigenvalue weighted by Gasteiger charge is -2.09. The fourth-order valence-electron chi connectivity index (χ4n) is 4.40. The lowest BCUT2D eigenvalue weighted by Crippen LogP contribution is -2.15. The number of fused-ring (bicyclic) bond motifs is 2. The summed E-state index contributed by atoms with van der Waals surface area (Å²) in [6, 6.07) is 19.4.